The maximum atomic E-state index is 10.1. The van der Waals surface area contributed by atoms with Crippen LogP contribution in [0.5, 0.6) is 0 Å². The highest BCUT2D eigenvalue weighted by Gasteiger charge is 2.08. The van der Waals surface area contributed by atoms with Crippen LogP contribution in [0.4, 0.5) is 0 Å². The summed E-state index contributed by atoms with van der Waals surface area (Å²) < 4.78 is 0. The molecule has 0 aromatic carbocycles. The quantitative estimate of drug-likeness (QED) is 0.167. The first-order chi connectivity index (χ1) is 5.07. The van der Waals surface area contributed by atoms with Gasteiger partial charge in [-0.15, -0.1) is 0 Å². The molecule has 0 saturated heterocycles. The van der Waals surface area contributed by atoms with E-state index in [2.05, 4.69) is 10.1 Å². The van der Waals surface area contributed by atoms with Crippen LogP contribution in [0.25, 0.3) is 0 Å². The van der Waals surface area contributed by atoms with Crippen LogP contribution in [-0.4, -0.2) is 34.5 Å². The van der Waals surface area contributed by atoms with Gasteiger partial charge in [-0.05, 0) is 0 Å². The normalized spacial score (nSPS) is 10.7. The lowest BCUT2D eigenvalue weighted by Crippen LogP contribution is -2.25. The van der Waals surface area contributed by atoms with Crippen molar-refractivity contribution in [1.29, 1.82) is 0 Å². The summed E-state index contributed by atoms with van der Waals surface area (Å²) in [5.74, 6) is -1.62. The molecule has 0 heterocycles. The molecule has 0 rings (SSSR count). The molecular weight excluding hydrogens is 152 g/mol. The number of aliphatic carboxylic acids is 1. The number of hydrogen-bond donors (Lipinski definition) is 4. The molecule has 0 amide bonds. The number of rotatable bonds is 3. The van der Waals surface area contributed by atoms with Crippen molar-refractivity contribution in [1.82, 2.24) is 0 Å². The predicted octanol–water partition coefficient (Wildman–Crippen LogP) is -1.83. The summed E-state index contributed by atoms with van der Waals surface area (Å²) in [6.07, 6.45) is 0. The molecule has 0 atom stereocenters. The number of aliphatic imine (C=N–C) groups is 1. The molecule has 0 aliphatic heterocycles. The van der Waals surface area contributed by atoms with Crippen LogP contribution in [-0.2, 0) is 4.79 Å². The molecule has 0 aromatic rings. The van der Waals surface area contributed by atoms with Gasteiger partial charge in [-0.1, -0.05) is 5.16 Å². The van der Waals surface area contributed by atoms with Crippen LogP contribution in [0.2, 0.25) is 0 Å². The molecule has 7 nitrogen and oxygen atoms in total. The Morgan fingerprint density at radius 1 is 1.45 bits per heavy atom. The first kappa shape index (κ1) is 9.21. The van der Waals surface area contributed by atoms with E-state index in [-0.39, 0.29) is 12.5 Å². The fraction of sp³-hybridized carbons (Fsp3) is 0.250. The fourth-order valence-corrected chi connectivity index (χ4v) is 0.308. The molecule has 11 heavy (non-hydrogen) atoms. The van der Waals surface area contributed by atoms with E-state index >= 15 is 0 Å². The topological polar surface area (TPSA) is 134 Å². The van der Waals surface area contributed by atoms with Gasteiger partial charge in [-0.2, -0.15) is 0 Å². The van der Waals surface area contributed by atoms with Crippen molar-refractivity contribution >= 4 is 17.6 Å². The average molecular weight is 160 g/mol. The lowest BCUT2D eigenvalue weighted by molar-refractivity contribution is -0.129. The lowest BCUT2D eigenvalue weighted by atomic mass is 10.4. The number of carboxylic acids is 1. The highest BCUT2D eigenvalue weighted by Crippen LogP contribution is 1.79. The van der Waals surface area contributed by atoms with E-state index in [9.17, 15) is 4.79 Å². The van der Waals surface area contributed by atoms with E-state index < -0.39 is 11.7 Å². The number of hydrogen-bond acceptors (Lipinski definition) is 4. The molecule has 0 fully saturated rings. The zero-order chi connectivity index (χ0) is 8.85. The Morgan fingerprint density at radius 2 is 2.00 bits per heavy atom. The number of carbonyl (C=O) groups is 1. The Bertz CT molecular complexity index is 205. The van der Waals surface area contributed by atoms with E-state index in [1.165, 1.54) is 0 Å². The SMILES string of the molecule is NC(N)=NC/C(=N\O)C(=O)O. The molecule has 0 aromatic heterocycles. The first-order valence-corrected chi connectivity index (χ1v) is 2.57. The second-order valence-electron chi connectivity index (χ2n) is 1.59. The van der Waals surface area contributed by atoms with Crippen LogP contribution in [0, 0.1) is 0 Å². The van der Waals surface area contributed by atoms with Crippen molar-refractivity contribution in [3.05, 3.63) is 0 Å². The minimum Gasteiger partial charge on any atom is -0.477 e. The van der Waals surface area contributed by atoms with Crippen LogP contribution >= 0.6 is 0 Å². The number of nitrogens with zero attached hydrogens (tertiary/aromatic N) is 2. The summed E-state index contributed by atoms with van der Waals surface area (Å²) in [7, 11) is 0. The predicted molar refractivity (Wildman–Crippen MR) is 37.5 cm³/mol. The maximum Gasteiger partial charge on any atom is 0.355 e. The monoisotopic (exact) mass is 160 g/mol. The molecule has 0 unspecified atom stereocenters. The lowest BCUT2D eigenvalue weighted by Gasteiger charge is -1.92. The zero-order valence-corrected chi connectivity index (χ0v) is 5.56. The van der Waals surface area contributed by atoms with E-state index in [1.807, 2.05) is 0 Å². The highest BCUT2D eigenvalue weighted by atomic mass is 16.4. The largest absolute Gasteiger partial charge is 0.477 e. The van der Waals surface area contributed by atoms with Gasteiger partial charge < -0.3 is 21.8 Å². The number of nitrogens with two attached hydrogens (primary N) is 2. The standard InChI is InChI=1S/C4H8N4O3/c5-4(6)7-1-2(8-11)3(9)10/h11H,1H2,(H,9,10)(H4,5,6,7)/b8-2+. The van der Waals surface area contributed by atoms with Gasteiger partial charge in [0.1, 0.15) is 0 Å². The molecule has 0 radical (unpaired) electrons. The van der Waals surface area contributed by atoms with Crippen molar-refractivity contribution in [3.8, 4) is 0 Å². The Labute approximate surface area is 62.0 Å². The minimum atomic E-state index is -1.36. The molecule has 0 bridgehead atoms. The molecule has 0 spiro atoms. The third-order valence-corrected chi connectivity index (χ3v) is 0.779. The summed E-state index contributed by atoms with van der Waals surface area (Å²) in [6.45, 7) is -0.339. The Morgan fingerprint density at radius 3 is 2.27 bits per heavy atom. The average Bonchev–Trinajstić information content (AvgIpc) is 1.87. The summed E-state index contributed by atoms with van der Waals surface area (Å²) in [4.78, 5) is 13.4. The van der Waals surface area contributed by atoms with E-state index in [4.69, 9.17) is 21.8 Å². The highest BCUT2D eigenvalue weighted by molar-refractivity contribution is 6.36. The smallest absolute Gasteiger partial charge is 0.355 e. The molecule has 62 valence electrons. The van der Waals surface area contributed by atoms with Crippen molar-refractivity contribution in [2.75, 3.05) is 6.54 Å². The van der Waals surface area contributed by atoms with Gasteiger partial charge in [-0.25, -0.2) is 9.79 Å². The van der Waals surface area contributed by atoms with E-state index in [0.29, 0.717) is 0 Å². The summed E-state index contributed by atoms with van der Waals surface area (Å²) in [5.41, 5.74) is 9.27. The first-order valence-electron chi connectivity index (χ1n) is 2.57. The summed E-state index contributed by atoms with van der Waals surface area (Å²) >= 11 is 0. The number of oxime groups is 1. The van der Waals surface area contributed by atoms with Gasteiger partial charge in [0.05, 0.1) is 6.54 Å². The molecule has 0 aliphatic carbocycles. The van der Waals surface area contributed by atoms with Gasteiger partial charge >= 0.3 is 5.97 Å². The Balaban J connectivity index is 4.13. The molecule has 0 saturated carbocycles. The maximum absolute atomic E-state index is 10.1. The second-order valence-corrected chi connectivity index (χ2v) is 1.59. The van der Waals surface area contributed by atoms with Crippen LogP contribution < -0.4 is 11.5 Å². The van der Waals surface area contributed by atoms with Crippen LogP contribution in [0.1, 0.15) is 0 Å². The minimum absolute atomic E-state index is 0.257. The van der Waals surface area contributed by atoms with Crippen molar-refractivity contribution in [2.45, 2.75) is 0 Å². The fourth-order valence-electron chi connectivity index (χ4n) is 0.308. The third-order valence-electron chi connectivity index (χ3n) is 0.779. The summed E-state index contributed by atoms with van der Waals surface area (Å²) in [5, 5.41) is 18.8. The molecule has 6 N–H and O–H groups in total. The van der Waals surface area contributed by atoms with Crippen molar-refractivity contribution in [2.24, 2.45) is 21.6 Å². The van der Waals surface area contributed by atoms with Gasteiger partial charge in [0.2, 0.25) is 0 Å². The van der Waals surface area contributed by atoms with E-state index in [0.717, 1.165) is 0 Å². The summed E-state index contributed by atoms with van der Waals surface area (Å²) in [6, 6.07) is 0. The van der Waals surface area contributed by atoms with Crippen molar-refractivity contribution < 1.29 is 15.1 Å². The van der Waals surface area contributed by atoms with Gasteiger partial charge in [-0.3, -0.25) is 0 Å². The Hall–Kier alpha value is -1.79. The second kappa shape index (κ2) is 4.09. The van der Waals surface area contributed by atoms with Gasteiger partial charge in [0, 0.05) is 0 Å². The molecule has 0 aliphatic rings. The Kier molecular flexibility index (Phi) is 3.43. The van der Waals surface area contributed by atoms with Gasteiger partial charge in [0.15, 0.2) is 11.7 Å². The molecular formula is C4H8N4O3. The zero-order valence-electron chi connectivity index (χ0n) is 5.56. The van der Waals surface area contributed by atoms with E-state index in [1.54, 1.807) is 0 Å². The van der Waals surface area contributed by atoms with Gasteiger partial charge in [0.25, 0.3) is 0 Å². The third kappa shape index (κ3) is 3.73. The number of carboxylic acid groups (broad SMARTS) is 1. The van der Waals surface area contributed by atoms with Crippen LogP contribution in [0.3, 0.4) is 0 Å². The van der Waals surface area contributed by atoms with Crippen LogP contribution in [0.15, 0.2) is 10.1 Å². The van der Waals surface area contributed by atoms with Crippen molar-refractivity contribution in [3.63, 3.8) is 0 Å². The number of guanidine groups is 1. The molecule has 7 heteroatoms.